The number of aryl methyl sites for hydroxylation is 1. The van der Waals surface area contributed by atoms with Crippen molar-refractivity contribution in [3.8, 4) is 0 Å². The molecule has 1 fully saturated rings. The van der Waals surface area contributed by atoms with Crippen molar-refractivity contribution in [2.45, 2.75) is 51.2 Å². The number of nitrogens with two attached hydrogens (primary N) is 1. The van der Waals surface area contributed by atoms with Crippen LogP contribution in [0.15, 0.2) is 24.3 Å². The highest BCUT2D eigenvalue weighted by atomic mass is 16.5. The van der Waals surface area contributed by atoms with Gasteiger partial charge in [0.05, 0.1) is 6.10 Å². The average Bonchev–Trinajstić information content (AvgIpc) is 2.38. The Hall–Kier alpha value is -0.860. The molecule has 2 nitrogen and oxygen atoms in total. The molecule has 1 aliphatic heterocycles. The van der Waals surface area contributed by atoms with Gasteiger partial charge in [-0.1, -0.05) is 24.3 Å². The lowest BCUT2D eigenvalue weighted by Gasteiger charge is -2.24. The van der Waals surface area contributed by atoms with Crippen molar-refractivity contribution in [2.75, 3.05) is 6.61 Å². The van der Waals surface area contributed by atoms with Crippen LogP contribution < -0.4 is 5.73 Å². The Morgan fingerprint density at radius 2 is 2.18 bits per heavy atom. The fourth-order valence-corrected chi connectivity index (χ4v) is 2.56. The fourth-order valence-electron chi connectivity index (χ4n) is 2.56. The van der Waals surface area contributed by atoms with Crippen molar-refractivity contribution in [1.82, 2.24) is 0 Å². The molecule has 1 aromatic carbocycles. The molecule has 0 spiro atoms. The maximum atomic E-state index is 6.26. The second kappa shape index (κ2) is 6.18. The van der Waals surface area contributed by atoms with Gasteiger partial charge in [-0.2, -0.15) is 0 Å². The van der Waals surface area contributed by atoms with Crippen LogP contribution in [0.1, 0.15) is 49.3 Å². The Morgan fingerprint density at radius 1 is 1.35 bits per heavy atom. The van der Waals surface area contributed by atoms with Crippen LogP contribution in [0.3, 0.4) is 0 Å². The van der Waals surface area contributed by atoms with Crippen molar-refractivity contribution < 1.29 is 4.74 Å². The fraction of sp³-hybridized carbons (Fsp3) is 0.600. The topological polar surface area (TPSA) is 35.2 Å². The van der Waals surface area contributed by atoms with Crippen molar-refractivity contribution in [3.05, 3.63) is 35.4 Å². The quantitative estimate of drug-likeness (QED) is 0.865. The van der Waals surface area contributed by atoms with Gasteiger partial charge in [0.2, 0.25) is 0 Å². The smallest absolute Gasteiger partial charge is 0.0575 e. The van der Waals surface area contributed by atoms with E-state index in [0.29, 0.717) is 6.10 Å². The van der Waals surface area contributed by atoms with Crippen LogP contribution in [0.25, 0.3) is 0 Å². The van der Waals surface area contributed by atoms with E-state index >= 15 is 0 Å². The normalized spacial score (nSPS) is 22.4. The van der Waals surface area contributed by atoms with Gasteiger partial charge in [-0.15, -0.1) is 0 Å². The third-order valence-corrected chi connectivity index (χ3v) is 3.66. The van der Waals surface area contributed by atoms with E-state index in [9.17, 15) is 0 Å². The first-order valence-corrected chi connectivity index (χ1v) is 6.70. The SMILES string of the molecule is Cc1ccccc1C(N)CCC1CCCCO1. The second-order valence-corrected chi connectivity index (χ2v) is 5.03. The molecule has 0 aromatic heterocycles. The lowest BCUT2D eigenvalue weighted by atomic mass is 9.95. The molecule has 0 amide bonds. The third kappa shape index (κ3) is 3.55. The molecule has 2 N–H and O–H groups in total. The number of rotatable bonds is 4. The van der Waals surface area contributed by atoms with Gasteiger partial charge in [0, 0.05) is 12.6 Å². The van der Waals surface area contributed by atoms with Crippen LogP contribution in [0, 0.1) is 6.92 Å². The third-order valence-electron chi connectivity index (χ3n) is 3.66. The minimum Gasteiger partial charge on any atom is -0.378 e. The van der Waals surface area contributed by atoms with Crippen molar-refractivity contribution in [3.63, 3.8) is 0 Å². The van der Waals surface area contributed by atoms with E-state index in [-0.39, 0.29) is 6.04 Å². The summed E-state index contributed by atoms with van der Waals surface area (Å²) in [7, 11) is 0. The Balaban J connectivity index is 1.84. The minimum absolute atomic E-state index is 0.154. The maximum absolute atomic E-state index is 6.26. The Kier molecular flexibility index (Phi) is 4.57. The van der Waals surface area contributed by atoms with Gasteiger partial charge in [0.25, 0.3) is 0 Å². The van der Waals surface area contributed by atoms with Crippen molar-refractivity contribution in [2.24, 2.45) is 5.73 Å². The highest BCUT2D eigenvalue weighted by Gasteiger charge is 2.16. The molecule has 94 valence electrons. The van der Waals surface area contributed by atoms with Crippen LogP contribution in [0.5, 0.6) is 0 Å². The molecular weight excluding hydrogens is 210 g/mol. The van der Waals surface area contributed by atoms with Crippen molar-refractivity contribution in [1.29, 1.82) is 0 Å². The predicted octanol–water partition coefficient (Wildman–Crippen LogP) is 3.34. The van der Waals surface area contributed by atoms with Crippen LogP contribution >= 0.6 is 0 Å². The summed E-state index contributed by atoms with van der Waals surface area (Å²) in [6.07, 6.45) is 6.30. The number of ether oxygens (including phenoxy) is 1. The standard InChI is InChI=1S/C15H23NO/c1-12-6-2-3-8-14(12)15(16)10-9-13-7-4-5-11-17-13/h2-3,6,8,13,15H,4-5,7,9-11,16H2,1H3. The first-order valence-electron chi connectivity index (χ1n) is 6.70. The highest BCUT2D eigenvalue weighted by Crippen LogP contribution is 2.23. The summed E-state index contributed by atoms with van der Waals surface area (Å²) in [5.74, 6) is 0. The molecule has 1 heterocycles. The summed E-state index contributed by atoms with van der Waals surface area (Å²) >= 11 is 0. The molecule has 1 aromatic rings. The van der Waals surface area contributed by atoms with E-state index in [1.165, 1.54) is 30.4 Å². The van der Waals surface area contributed by atoms with Crippen LogP contribution in [0.2, 0.25) is 0 Å². The van der Waals surface area contributed by atoms with Gasteiger partial charge in [-0.05, 0) is 50.2 Å². The summed E-state index contributed by atoms with van der Waals surface area (Å²) in [5, 5.41) is 0. The van der Waals surface area contributed by atoms with E-state index in [0.717, 1.165) is 19.4 Å². The van der Waals surface area contributed by atoms with Gasteiger partial charge < -0.3 is 10.5 Å². The zero-order valence-corrected chi connectivity index (χ0v) is 10.7. The minimum atomic E-state index is 0.154. The molecule has 2 rings (SSSR count). The summed E-state index contributed by atoms with van der Waals surface area (Å²) in [6.45, 7) is 3.07. The maximum Gasteiger partial charge on any atom is 0.0575 e. The van der Waals surface area contributed by atoms with Crippen LogP contribution in [0.4, 0.5) is 0 Å². The molecule has 2 unspecified atom stereocenters. The van der Waals surface area contributed by atoms with Gasteiger partial charge in [-0.25, -0.2) is 0 Å². The predicted molar refractivity (Wildman–Crippen MR) is 70.9 cm³/mol. The molecule has 0 saturated carbocycles. The summed E-state index contributed by atoms with van der Waals surface area (Å²) in [4.78, 5) is 0. The second-order valence-electron chi connectivity index (χ2n) is 5.03. The number of hydrogen-bond acceptors (Lipinski definition) is 2. The zero-order valence-electron chi connectivity index (χ0n) is 10.7. The molecule has 1 saturated heterocycles. The van der Waals surface area contributed by atoms with E-state index in [4.69, 9.17) is 10.5 Å². The molecule has 17 heavy (non-hydrogen) atoms. The molecule has 2 heteroatoms. The van der Waals surface area contributed by atoms with Crippen molar-refractivity contribution >= 4 is 0 Å². The highest BCUT2D eigenvalue weighted by molar-refractivity contribution is 5.28. The molecular formula is C15H23NO. The largest absolute Gasteiger partial charge is 0.378 e. The summed E-state index contributed by atoms with van der Waals surface area (Å²) in [5.41, 5.74) is 8.83. The van der Waals surface area contributed by atoms with Crippen LogP contribution in [-0.4, -0.2) is 12.7 Å². The van der Waals surface area contributed by atoms with Gasteiger partial charge in [-0.3, -0.25) is 0 Å². The molecule has 2 atom stereocenters. The summed E-state index contributed by atoms with van der Waals surface area (Å²) < 4.78 is 5.74. The van der Waals surface area contributed by atoms with E-state index < -0.39 is 0 Å². The first-order chi connectivity index (χ1) is 8.27. The molecule has 0 aliphatic carbocycles. The number of benzene rings is 1. The van der Waals surface area contributed by atoms with Crippen LogP contribution in [-0.2, 0) is 4.74 Å². The molecule has 0 radical (unpaired) electrons. The zero-order chi connectivity index (χ0) is 12.1. The Labute approximate surface area is 104 Å². The molecule has 0 bridgehead atoms. The lowest BCUT2D eigenvalue weighted by molar-refractivity contribution is 0.00911. The summed E-state index contributed by atoms with van der Waals surface area (Å²) in [6, 6.07) is 8.56. The average molecular weight is 233 g/mol. The van der Waals surface area contributed by atoms with E-state index in [2.05, 4.69) is 31.2 Å². The molecule has 1 aliphatic rings. The monoisotopic (exact) mass is 233 g/mol. The van der Waals surface area contributed by atoms with Gasteiger partial charge >= 0.3 is 0 Å². The van der Waals surface area contributed by atoms with E-state index in [1.54, 1.807) is 0 Å². The van der Waals surface area contributed by atoms with Gasteiger partial charge in [0.15, 0.2) is 0 Å². The number of hydrogen-bond donors (Lipinski definition) is 1. The lowest BCUT2D eigenvalue weighted by Crippen LogP contribution is -2.21. The Bertz CT molecular complexity index is 345. The van der Waals surface area contributed by atoms with Gasteiger partial charge in [0.1, 0.15) is 0 Å². The van der Waals surface area contributed by atoms with E-state index in [1.807, 2.05) is 0 Å². The first kappa shape index (κ1) is 12.6. The Morgan fingerprint density at radius 3 is 2.88 bits per heavy atom.